The van der Waals surface area contributed by atoms with Crippen LogP contribution in [0.25, 0.3) is 22.5 Å². The van der Waals surface area contributed by atoms with E-state index in [1.807, 2.05) is 24.3 Å². The van der Waals surface area contributed by atoms with Gasteiger partial charge in [-0.05, 0) is 59.7 Å². The molecule has 0 spiro atoms. The van der Waals surface area contributed by atoms with E-state index in [0.29, 0.717) is 28.4 Å². The zero-order valence-electron chi connectivity index (χ0n) is 19.7. The van der Waals surface area contributed by atoms with Crippen LogP contribution in [0.3, 0.4) is 0 Å². The molecule has 9 heteroatoms. The lowest BCUT2D eigenvalue weighted by molar-refractivity contribution is -0.385. The standard InChI is InChI=1S/C27H21N3O6/c1-33-20-9-5-18(6-10-20)25-22(15-28)27(36-26(25)19-7-11-21(34-2)12-8-19)29-16-17-4-13-24(35-3)23(14-17)30(31)32/h4-14,16H,1-3H3. The van der Waals surface area contributed by atoms with E-state index in [-0.39, 0.29) is 22.9 Å². The molecule has 0 aliphatic heterocycles. The van der Waals surface area contributed by atoms with Gasteiger partial charge < -0.3 is 18.6 Å². The number of hydrogen-bond acceptors (Lipinski definition) is 8. The number of methoxy groups -OCH3 is 3. The minimum Gasteiger partial charge on any atom is -0.497 e. The van der Waals surface area contributed by atoms with Crippen LogP contribution in [0.5, 0.6) is 17.2 Å². The SMILES string of the molecule is COc1ccc(-c2oc(N=Cc3ccc(OC)c([N+](=O)[O-])c3)c(C#N)c2-c2ccc(OC)cc2)cc1. The zero-order chi connectivity index (χ0) is 25.7. The molecule has 0 amide bonds. The first kappa shape index (κ1) is 24.0. The van der Waals surface area contributed by atoms with E-state index in [1.165, 1.54) is 25.5 Å². The molecule has 0 bridgehead atoms. The van der Waals surface area contributed by atoms with Crippen LogP contribution in [0.15, 0.2) is 76.1 Å². The topological polar surface area (TPSA) is 120 Å². The highest BCUT2D eigenvalue weighted by molar-refractivity contribution is 5.90. The summed E-state index contributed by atoms with van der Waals surface area (Å²) in [6, 6.07) is 21.1. The fourth-order valence-electron chi connectivity index (χ4n) is 3.66. The monoisotopic (exact) mass is 483 g/mol. The number of aliphatic imine (C=N–C) groups is 1. The maximum absolute atomic E-state index is 11.4. The fraction of sp³-hybridized carbons (Fsp3) is 0.111. The van der Waals surface area contributed by atoms with Crippen molar-refractivity contribution in [3.63, 3.8) is 0 Å². The average Bonchev–Trinajstić information content (AvgIpc) is 3.30. The molecule has 4 aromatic rings. The summed E-state index contributed by atoms with van der Waals surface area (Å²) in [5, 5.41) is 21.4. The van der Waals surface area contributed by atoms with E-state index >= 15 is 0 Å². The molecule has 4 rings (SSSR count). The van der Waals surface area contributed by atoms with E-state index in [0.717, 1.165) is 11.1 Å². The Bertz CT molecular complexity index is 1470. The highest BCUT2D eigenvalue weighted by Crippen LogP contribution is 2.43. The van der Waals surface area contributed by atoms with E-state index in [4.69, 9.17) is 18.6 Å². The van der Waals surface area contributed by atoms with Crippen molar-refractivity contribution in [3.8, 4) is 45.8 Å². The molecule has 9 nitrogen and oxygen atoms in total. The quantitative estimate of drug-likeness (QED) is 0.167. The van der Waals surface area contributed by atoms with Crippen molar-refractivity contribution in [1.29, 1.82) is 5.26 Å². The summed E-state index contributed by atoms with van der Waals surface area (Å²) in [4.78, 5) is 15.2. The fourth-order valence-corrected chi connectivity index (χ4v) is 3.66. The Morgan fingerprint density at radius 3 is 2.06 bits per heavy atom. The minimum absolute atomic E-state index is 0.0765. The van der Waals surface area contributed by atoms with Gasteiger partial charge >= 0.3 is 5.69 Å². The smallest absolute Gasteiger partial charge is 0.311 e. The third-order valence-electron chi connectivity index (χ3n) is 5.46. The molecular formula is C27H21N3O6. The normalized spacial score (nSPS) is 10.7. The first-order chi connectivity index (χ1) is 17.5. The van der Waals surface area contributed by atoms with Crippen molar-refractivity contribution in [2.75, 3.05) is 21.3 Å². The average molecular weight is 483 g/mol. The molecule has 0 unspecified atom stereocenters. The number of hydrogen-bond donors (Lipinski definition) is 0. The highest BCUT2D eigenvalue weighted by Gasteiger charge is 2.23. The van der Waals surface area contributed by atoms with Gasteiger partial charge in [0.15, 0.2) is 5.75 Å². The van der Waals surface area contributed by atoms with Crippen LogP contribution < -0.4 is 14.2 Å². The zero-order valence-corrected chi connectivity index (χ0v) is 19.7. The molecule has 0 saturated heterocycles. The summed E-state index contributed by atoms with van der Waals surface area (Å²) in [6.45, 7) is 0. The molecule has 0 atom stereocenters. The Balaban J connectivity index is 1.85. The molecule has 0 aliphatic rings. The summed E-state index contributed by atoms with van der Waals surface area (Å²) in [5.41, 5.74) is 2.51. The molecule has 0 N–H and O–H groups in total. The first-order valence-electron chi connectivity index (χ1n) is 10.7. The predicted octanol–water partition coefficient (Wildman–Crippen LogP) is 6.17. The summed E-state index contributed by atoms with van der Waals surface area (Å²) in [5.74, 6) is 2.01. The Morgan fingerprint density at radius 1 is 0.917 bits per heavy atom. The van der Waals surface area contributed by atoms with Crippen molar-refractivity contribution in [2.45, 2.75) is 0 Å². The van der Waals surface area contributed by atoms with Gasteiger partial charge in [0, 0.05) is 23.4 Å². The summed E-state index contributed by atoms with van der Waals surface area (Å²) >= 11 is 0. The van der Waals surface area contributed by atoms with Crippen LogP contribution in [-0.2, 0) is 0 Å². The lowest BCUT2D eigenvalue weighted by Crippen LogP contribution is -1.95. The van der Waals surface area contributed by atoms with Gasteiger partial charge in [0.05, 0.1) is 26.3 Å². The van der Waals surface area contributed by atoms with Crippen LogP contribution in [0, 0.1) is 21.4 Å². The number of nitro groups is 1. The molecule has 0 aliphatic carbocycles. The maximum Gasteiger partial charge on any atom is 0.311 e. The number of benzene rings is 3. The second-order valence-electron chi connectivity index (χ2n) is 7.50. The molecule has 0 fully saturated rings. The van der Waals surface area contributed by atoms with Crippen molar-refractivity contribution < 1.29 is 23.6 Å². The summed E-state index contributed by atoms with van der Waals surface area (Å²) < 4.78 is 21.6. The highest BCUT2D eigenvalue weighted by atomic mass is 16.6. The Labute approximate surface area is 207 Å². The molecule has 180 valence electrons. The number of nitro benzene ring substituents is 1. The molecule has 36 heavy (non-hydrogen) atoms. The number of rotatable bonds is 8. The Hall–Kier alpha value is -5.10. The Kier molecular flexibility index (Phi) is 6.97. The van der Waals surface area contributed by atoms with Gasteiger partial charge in [-0.3, -0.25) is 10.1 Å². The van der Waals surface area contributed by atoms with Crippen LogP contribution in [0.4, 0.5) is 11.6 Å². The van der Waals surface area contributed by atoms with E-state index in [2.05, 4.69) is 11.1 Å². The predicted molar refractivity (Wildman–Crippen MR) is 134 cm³/mol. The minimum atomic E-state index is -0.534. The van der Waals surface area contributed by atoms with E-state index in [9.17, 15) is 15.4 Å². The summed E-state index contributed by atoms with van der Waals surface area (Å²) in [7, 11) is 4.51. The van der Waals surface area contributed by atoms with Crippen molar-refractivity contribution in [2.24, 2.45) is 4.99 Å². The van der Waals surface area contributed by atoms with E-state index in [1.54, 1.807) is 44.6 Å². The number of ether oxygens (including phenoxy) is 3. The third kappa shape index (κ3) is 4.74. The number of nitriles is 1. The Morgan fingerprint density at radius 2 is 1.53 bits per heavy atom. The van der Waals surface area contributed by atoms with Crippen LogP contribution >= 0.6 is 0 Å². The van der Waals surface area contributed by atoms with Gasteiger partial charge in [-0.2, -0.15) is 5.26 Å². The number of nitrogens with zero attached hydrogens (tertiary/aromatic N) is 3. The molecule has 3 aromatic carbocycles. The van der Waals surface area contributed by atoms with Gasteiger partial charge in [-0.1, -0.05) is 12.1 Å². The molecule has 0 radical (unpaired) electrons. The van der Waals surface area contributed by atoms with Crippen LogP contribution in [-0.4, -0.2) is 32.5 Å². The largest absolute Gasteiger partial charge is 0.497 e. The van der Waals surface area contributed by atoms with Crippen LogP contribution in [0.1, 0.15) is 11.1 Å². The maximum atomic E-state index is 11.4. The molecular weight excluding hydrogens is 462 g/mol. The van der Waals surface area contributed by atoms with Gasteiger partial charge in [-0.25, -0.2) is 4.99 Å². The van der Waals surface area contributed by atoms with Crippen molar-refractivity contribution >= 4 is 17.8 Å². The second kappa shape index (κ2) is 10.4. The molecule has 0 saturated carbocycles. The molecule has 1 aromatic heterocycles. The van der Waals surface area contributed by atoms with Gasteiger partial charge in [-0.15, -0.1) is 0 Å². The van der Waals surface area contributed by atoms with Gasteiger partial charge in [0.25, 0.3) is 0 Å². The van der Waals surface area contributed by atoms with E-state index < -0.39 is 4.92 Å². The van der Waals surface area contributed by atoms with Crippen molar-refractivity contribution in [1.82, 2.24) is 0 Å². The molecule has 1 heterocycles. The first-order valence-corrected chi connectivity index (χ1v) is 10.7. The van der Waals surface area contributed by atoms with Gasteiger partial charge in [0.2, 0.25) is 5.88 Å². The lowest BCUT2D eigenvalue weighted by Gasteiger charge is -2.06. The van der Waals surface area contributed by atoms with Crippen molar-refractivity contribution in [3.05, 3.63) is 88.0 Å². The lowest BCUT2D eigenvalue weighted by atomic mass is 9.98. The summed E-state index contributed by atoms with van der Waals surface area (Å²) in [6.07, 6.45) is 1.40. The number of furan rings is 1. The van der Waals surface area contributed by atoms with Gasteiger partial charge in [0.1, 0.15) is 28.9 Å². The van der Waals surface area contributed by atoms with Crippen LogP contribution in [0.2, 0.25) is 0 Å². The second-order valence-corrected chi connectivity index (χ2v) is 7.50. The third-order valence-corrected chi connectivity index (χ3v) is 5.46.